The van der Waals surface area contributed by atoms with Crippen LogP contribution in [-0.2, 0) is 14.3 Å². The zero-order valence-electron chi connectivity index (χ0n) is 6.55. The molecule has 56 valence electrons. The molecule has 0 aromatic rings. The van der Waals surface area contributed by atoms with Crippen LogP contribution < -0.4 is 34.7 Å². The summed E-state index contributed by atoms with van der Waals surface area (Å²) in [7, 11) is 1.16. The number of carboxylic acid groups (broad SMARTS) is 1. The van der Waals surface area contributed by atoms with Gasteiger partial charge in [-0.1, -0.05) is 6.58 Å². The standard InChI is InChI=1S/C6H8O4.Na/c1-4(3-5(7)8)6(9)10-2;/h1,3H2,2H3,(H,7,8);/q;+1/p-1. The fraction of sp³-hybridized carbons (Fsp3) is 0.333. The van der Waals surface area contributed by atoms with Crippen molar-refractivity contribution in [2.75, 3.05) is 7.11 Å². The van der Waals surface area contributed by atoms with Gasteiger partial charge in [0.15, 0.2) is 0 Å². The number of carboxylic acids is 1. The molecule has 0 unspecified atom stereocenters. The van der Waals surface area contributed by atoms with Crippen molar-refractivity contribution in [1.82, 2.24) is 0 Å². The van der Waals surface area contributed by atoms with Crippen molar-refractivity contribution in [1.29, 1.82) is 0 Å². The van der Waals surface area contributed by atoms with Gasteiger partial charge in [0.1, 0.15) is 0 Å². The van der Waals surface area contributed by atoms with Crippen LogP contribution in [-0.4, -0.2) is 19.0 Å². The van der Waals surface area contributed by atoms with E-state index in [1.54, 1.807) is 0 Å². The van der Waals surface area contributed by atoms with E-state index in [4.69, 9.17) is 0 Å². The van der Waals surface area contributed by atoms with Gasteiger partial charge >= 0.3 is 35.5 Å². The maximum Gasteiger partial charge on any atom is 1.00 e. The summed E-state index contributed by atoms with van der Waals surface area (Å²) in [5.41, 5.74) is -0.109. The van der Waals surface area contributed by atoms with E-state index < -0.39 is 18.4 Å². The van der Waals surface area contributed by atoms with Crippen molar-refractivity contribution < 1.29 is 49.0 Å². The third-order valence-electron chi connectivity index (χ3n) is 0.832. The second kappa shape index (κ2) is 6.39. The van der Waals surface area contributed by atoms with Crippen molar-refractivity contribution in [2.45, 2.75) is 6.42 Å². The first-order valence-corrected chi connectivity index (χ1v) is 2.54. The van der Waals surface area contributed by atoms with Crippen LogP contribution in [0.2, 0.25) is 0 Å². The second-order valence-electron chi connectivity index (χ2n) is 1.64. The summed E-state index contributed by atoms with van der Waals surface area (Å²) in [6, 6.07) is 0. The maximum atomic E-state index is 10.4. The molecule has 0 aromatic carbocycles. The van der Waals surface area contributed by atoms with E-state index >= 15 is 0 Å². The molecule has 0 aliphatic heterocycles. The SMILES string of the molecule is C=C(CC(=O)[O-])C(=O)OC.[Na+]. The third kappa shape index (κ3) is 6.09. The van der Waals surface area contributed by atoms with Crippen LogP contribution in [0.4, 0.5) is 0 Å². The predicted octanol–water partition coefficient (Wildman–Crippen LogP) is -4.14. The minimum Gasteiger partial charge on any atom is -0.550 e. The van der Waals surface area contributed by atoms with Gasteiger partial charge in [0.2, 0.25) is 0 Å². The Hall–Kier alpha value is -0.320. The summed E-state index contributed by atoms with van der Waals surface area (Å²) < 4.78 is 4.18. The van der Waals surface area contributed by atoms with Crippen LogP contribution in [0.3, 0.4) is 0 Å². The Kier molecular flexibility index (Phi) is 7.72. The van der Waals surface area contributed by atoms with E-state index in [9.17, 15) is 14.7 Å². The van der Waals surface area contributed by atoms with E-state index in [1.165, 1.54) is 0 Å². The normalized spacial score (nSPS) is 7.73. The van der Waals surface area contributed by atoms with Crippen LogP contribution >= 0.6 is 0 Å². The quantitative estimate of drug-likeness (QED) is 0.242. The summed E-state index contributed by atoms with van der Waals surface area (Å²) in [5.74, 6) is -2.06. The van der Waals surface area contributed by atoms with Gasteiger partial charge in [-0.15, -0.1) is 0 Å². The molecule has 0 fully saturated rings. The molecule has 5 heteroatoms. The van der Waals surface area contributed by atoms with E-state index in [0.717, 1.165) is 7.11 Å². The van der Waals surface area contributed by atoms with Crippen LogP contribution in [0.5, 0.6) is 0 Å². The molecule has 0 aliphatic rings. The van der Waals surface area contributed by atoms with Crippen molar-refractivity contribution >= 4 is 11.9 Å². The molecule has 0 spiro atoms. The fourth-order valence-electron chi connectivity index (χ4n) is 0.391. The van der Waals surface area contributed by atoms with Crippen LogP contribution in [0, 0.1) is 0 Å². The van der Waals surface area contributed by atoms with Gasteiger partial charge < -0.3 is 14.6 Å². The largest absolute Gasteiger partial charge is 1.00 e. The number of carbonyl (C=O) groups excluding carboxylic acids is 2. The molecular formula is C6H7NaO4. The van der Waals surface area contributed by atoms with Gasteiger partial charge in [-0.05, 0) is 0 Å². The van der Waals surface area contributed by atoms with Crippen LogP contribution in [0.25, 0.3) is 0 Å². The van der Waals surface area contributed by atoms with Gasteiger partial charge in [-0.2, -0.15) is 0 Å². The Morgan fingerprint density at radius 2 is 2.00 bits per heavy atom. The molecule has 0 saturated heterocycles. The number of aliphatic carboxylic acids is 1. The molecule has 0 atom stereocenters. The van der Waals surface area contributed by atoms with E-state index in [0.29, 0.717) is 0 Å². The number of hydrogen-bond donors (Lipinski definition) is 0. The topological polar surface area (TPSA) is 66.4 Å². The number of ether oxygens (including phenoxy) is 1. The minimum absolute atomic E-state index is 0. The maximum absolute atomic E-state index is 10.4. The van der Waals surface area contributed by atoms with Gasteiger partial charge in [-0.3, -0.25) is 0 Å². The third-order valence-corrected chi connectivity index (χ3v) is 0.832. The summed E-state index contributed by atoms with van der Waals surface area (Å²) in [5, 5.41) is 9.85. The van der Waals surface area contributed by atoms with E-state index in [2.05, 4.69) is 11.3 Å². The smallest absolute Gasteiger partial charge is 0.550 e. The van der Waals surface area contributed by atoms with E-state index in [-0.39, 0.29) is 35.1 Å². The van der Waals surface area contributed by atoms with Gasteiger partial charge in [0.25, 0.3) is 0 Å². The van der Waals surface area contributed by atoms with Crippen molar-refractivity contribution in [3.05, 3.63) is 12.2 Å². The van der Waals surface area contributed by atoms with Gasteiger partial charge in [0, 0.05) is 18.0 Å². The molecule has 4 nitrogen and oxygen atoms in total. The molecule has 0 radical (unpaired) electrons. The zero-order valence-corrected chi connectivity index (χ0v) is 8.55. The van der Waals surface area contributed by atoms with Crippen LogP contribution in [0.1, 0.15) is 6.42 Å². The number of carbonyl (C=O) groups is 2. The summed E-state index contributed by atoms with van der Waals surface area (Å²) in [6.07, 6.45) is -0.479. The van der Waals surface area contributed by atoms with Crippen molar-refractivity contribution in [3.63, 3.8) is 0 Å². The molecule has 0 heterocycles. The molecule has 11 heavy (non-hydrogen) atoms. The minimum atomic E-state index is -1.34. The molecule has 0 bridgehead atoms. The van der Waals surface area contributed by atoms with Gasteiger partial charge in [0.05, 0.1) is 7.11 Å². The Morgan fingerprint density at radius 3 is 2.27 bits per heavy atom. The molecule has 0 aromatic heterocycles. The first-order valence-electron chi connectivity index (χ1n) is 2.54. The summed E-state index contributed by atoms with van der Waals surface area (Å²) in [4.78, 5) is 20.3. The Labute approximate surface area is 86.5 Å². The average molecular weight is 166 g/mol. The zero-order chi connectivity index (χ0) is 8.15. The molecule has 0 N–H and O–H groups in total. The Balaban J connectivity index is 0. The van der Waals surface area contributed by atoms with E-state index in [1.807, 2.05) is 0 Å². The number of esters is 1. The first-order chi connectivity index (χ1) is 4.57. The first kappa shape index (κ1) is 13.3. The van der Waals surface area contributed by atoms with Crippen molar-refractivity contribution in [2.24, 2.45) is 0 Å². The fourth-order valence-corrected chi connectivity index (χ4v) is 0.391. The Bertz CT molecular complexity index is 175. The molecule has 0 rings (SSSR count). The van der Waals surface area contributed by atoms with Crippen molar-refractivity contribution in [3.8, 4) is 0 Å². The van der Waals surface area contributed by atoms with Crippen LogP contribution in [0.15, 0.2) is 12.2 Å². The number of methoxy groups -OCH3 is 1. The number of hydrogen-bond acceptors (Lipinski definition) is 4. The Morgan fingerprint density at radius 1 is 1.55 bits per heavy atom. The predicted molar refractivity (Wildman–Crippen MR) is 30.8 cm³/mol. The summed E-state index contributed by atoms with van der Waals surface area (Å²) in [6.45, 7) is 3.17. The molecular weight excluding hydrogens is 159 g/mol. The molecule has 0 saturated carbocycles. The number of rotatable bonds is 3. The summed E-state index contributed by atoms with van der Waals surface area (Å²) >= 11 is 0. The molecule has 0 amide bonds. The monoisotopic (exact) mass is 166 g/mol. The average Bonchev–Trinajstić information content (AvgIpc) is 1.85. The molecule has 0 aliphatic carbocycles. The van der Waals surface area contributed by atoms with Gasteiger partial charge in [-0.25, -0.2) is 4.79 Å². The second-order valence-corrected chi connectivity index (χ2v) is 1.64.